The van der Waals surface area contributed by atoms with Gasteiger partial charge >= 0.3 is 0 Å². The largest absolute Gasteiger partial charge is 0.493 e. The third-order valence-corrected chi connectivity index (χ3v) is 5.16. The first-order valence-corrected chi connectivity index (χ1v) is 9.10. The van der Waals surface area contributed by atoms with Crippen LogP contribution in [0.4, 0.5) is 0 Å². The van der Waals surface area contributed by atoms with Crippen LogP contribution in [0.2, 0.25) is 0 Å². The van der Waals surface area contributed by atoms with Crippen LogP contribution in [0.1, 0.15) is 61.8 Å². The van der Waals surface area contributed by atoms with Gasteiger partial charge in [-0.3, -0.25) is 4.79 Å². The molecule has 6 heteroatoms. The van der Waals surface area contributed by atoms with Crippen molar-refractivity contribution in [1.29, 1.82) is 0 Å². The number of aryl methyl sites for hydroxylation is 1. The number of aromatic nitrogens is 2. The van der Waals surface area contributed by atoms with Crippen molar-refractivity contribution >= 4 is 5.91 Å². The molecule has 2 aliphatic heterocycles. The summed E-state index contributed by atoms with van der Waals surface area (Å²) in [5.41, 5.74) is 1.14. The minimum Gasteiger partial charge on any atom is -0.493 e. The number of hydrogen-bond acceptors (Lipinski definition) is 5. The molecule has 0 saturated carbocycles. The van der Waals surface area contributed by atoms with E-state index in [9.17, 15) is 4.79 Å². The summed E-state index contributed by atoms with van der Waals surface area (Å²) in [6, 6.07) is 7.99. The fourth-order valence-electron chi connectivity index (χ4n) is 3.84. The second-order valence-corrected chi connectivity index (χ2v) is 6.72. The van der Waals surface area contributed by atoms with E-state index in [1.165, 1.54) is 0 Å². The topological polar surface area (TPSA) is 68.5 Å². The van der Waals surface area contributed by atoms with E-state index in [1.807, 2.05) is 30.0 Å². The summed E-state index contributed by atoms with van der Waals surface area (Å²) in [6.07, 6.45) is 3.99. The molecule has 4 rings (SSSR count). The summed E-state index contributed by atoms with van der Waals surface area (Å²) in [7, 11) is 0. The molecule has 2 aromatic rings. The lowest BCUT2D eigenvalue weighted by Crippen LogP contribution is -2.32. The quantitative estimate of drug-likeness (QED) is 0.854. The van der Waals surface area contributed by atoms with Crippen molar-refractivity contribution < 1.29 is 14.1 Å². The second-order valence-electron chi connectivity index (χ2n) is 6.72. The number of benzene rings is 1. The number of carbonyl (C=O) groups excluding carboxylic acids is 1. The van der Waals surface area contributed by atoms with Gasteiger partial charge in [0.05, 0.1) is 12.6 Å². The Kier molecular flexibility index (Phi) is 4.42. The molecule has 2 atom stereocenters. The van der Waals surface area contributed by atoms with Crippen molar-refractivity contribution in [2.75, 3.05) is 13.2 Å². The lowest BCUT2D eigenvalue weighted by Gasteiger charge is -2.28. The van der Waals surface area contributed by atoms with Gasteiger partial charge < -0.3 is 14.2 Å². The van der Waals surface area contributed by atoms with Gasteiger partial charge in [-0.1, -0.05) is 30.3 Å². The highest BCUT2D eigenvalue weighted by Crippen LogP contribution is 2.38. The molecule has 2 aliphatic rings. The minimum absolute atomic E-state index is 0.0494. The van der Waals surface area contributed by atoms with E-state index in [-0.39, 0.29) is 17.9 Å². The summed E-state index contributed by atoms with van der Waals surface area (Å²) in [6.45, 7) is 3.42. The van der Waals surface area contributed by atoms with Gasteiger partial charge in [-0.15, -0.1) is 0 Å². The van der Waals surface area contributed by atoms with Crippen molar-refractivity contribution in [2.24, 2.45) is 0 Å². The van der Waals surface area contributed by atoms with Crippen molar-refractivity contribution in [1.82, 2.24) is 15.0 Å². The van der Waals surface area contributed by atoms with E-state index in [0.29, 0.717) is 31.2 Å². The number of hydrogen-bond donors (Lipinski definition) is 0. The average Bonchev–Trinajstić information content (AvgIpc) is 3.31. The summed E-state index contributed by atoms with van der Waals surface area (Å²) in [4.78, 5) is 19.3. The molecular formula is C19H23N3O3. The molecule has 1 aromatic heterocycles. The van der Waals surface area contributed by atoms with Gasteiger partial charge in [0.15, 0.2) is 5.82 Å². The predicted molar refractivity (Wildman–Crippen MR) is 91.3 cm³/mol. The molecule has 0 spiro atoms. The summed E-state index contributed by atoms with van der Waals surface area (Å²) < 4.78 is 10.9. The zero-order chi connectivity index (χ0) is 17.2. The highest BCUT2D eigenvalue weighted by molar-refractivity contribution is 5.78. The first kappa shape index (κ1) is 16.1. The van der Waals surface area contributed by atoms with Crippen LogP contribution in [0, 0.1) is 0 Å². The molecule has 0 bridgehead atoms. The highest BCUT2D eigenvalue weighted by atomic mass is 16.5. The Morgan fingerprint density at radius 3 is 3.04 bits per heavy atom. The summed E-state index contributed by atoms with van der Waals surface area (Å²) in [5.74, 6) is 2.58. The lowest BCUT2D eigenvalue weighted by atomic mass is 9.90. The van der Waals surface area contributed by atoms with E-state index in [0.717, 1.165) is 37.1 Å². The van der Waals surface area contributed by atoms with Crippen molar-refractivity contribution in [3.8, 4) is 5.75 Å². The molecule has 1 aromatic carbocycles. The number of para-hydroxylation sites is 1. The van der Waals surface area contributed by atoms with Crippen LogP contribution in [-0.4, -0.2) is 34.1 Å². The maximum Gasteiger partial charge on any atom is 0.226 e. The second kappa shape index (κ2) is 6.86. The molecule has 25 heavy (non-hydrogen) atoms. The summed E-state index contributed by atoms with van der Waals surface area (Å²) >= 11 is 0. The molecule has 1 amide bonds. The summed E-state index contributed by atoms with van der Waals surface area (Å²) in [5, 5.41) is 4.08. The molecule has 1 fully saturated rings. The van der Waals surface area contributed by atoms with Crippen LogP contribution in [0.3, 0.4) is 0 Å². The Labute approximate surface area is 147 Å². The first-order valence-electron chi connectivity index (χ1n) is 9.10. The molecule has 132 valence electrons. The lowest BCUT2D eigenvalue weighted by molar-refractivity contribution is -0.132. The fourth-order valence-corrected chi connectivity index (χ4v) is 3.84. The van der Waals surface area contributed by atoms with Crippen LogP contribution in [0.15, 0.2) is 28.8 Å². The number of fused-ring (bicyclic) bond motifs is 1. The molecule has 3 heterocycles. The molecule has 6 nitrogen and oxygen atoms in total. The van der Waals surface area contributed by atoms with Gasteiger partial charge in [0.1, 0.15) is 5.75 Å². The number of nitrogens with zero attached hydrogens (tertiary/aromatic N) is 3. The minimum atomic E-state index is -0.0494. The SMILES string of the molecule is CCc1nc([C@H]2CCCN2C(=O)C[C@@H]2CCOc3ccccc32)no1. The third-order valence-electron chi connectivity index (χ3n) is 5.16. The molecular weight excluding hydrogens is 318 g/mol. The van der Waals surface area contributed by atoms with Gasteiger partial charge in [-0.25, -0.2) is 0 Å². The smallest absolute Gasteiger partial charge is 0.226 e. The van der Waals surface area contributed by atoms with Crippen molar-refractivity contribution in [2.45, 2.75) is 51.0 Å². The van der Waals surface area contributed by atoms with E-state index < -0.39 is 0 Å². The van der Waals surface area contributed by atoms with Gasteiger partial charge in [0, 0.05) is 19.4 Å². The number of amides is 1. The van der Waals surface area contributed by atoms with Crippen molar-refractivity contribution in [3.63, 3.8) is 0 Å². The van der Waals surface area contributed by atoms with Crippen LogP contribution in [0.5, 0.6) is 5.75 Å². The number of ether oxygens (including phenoxy) is 1. The number of rotatable bonds is 4. The molecule has 0 unspecified atom stereocenters. The maximum absolute atomic E-state index is 13.0. The van der Waals surface area contributed by atoms with Gasteiger partial charge in [-0.05, 0) is 36.8 Å². The highest BCUT2D eigenvalue weighted by Gasteiger charge is 2.35. The maximum atomic E-state index is 13.0. The molecule has 0 aliphatic carbocycles. The monoisotopic (exact) mass is 341 g/mol. The van der Waals surface area contributed by atoms with E-state index >= 15 is 0 Å². The van der Waals surface area contributed by atoms with Gasteiger partial charge in [0.2, 0.25) is 11.8 Å². The van der Waals surface area contributed by atoms with E-state index in [1.54, 1.807) is 0 Å². The molecule has 0 radical (unpaired) electrons. The van der Waals surface area contributed by atoms with Crippen LogP contribution >= 0.6 is 0 Å². The van der Waals surface area contributed by atoms with Crippen LogP contribution in [-0.2, 0) is 11.2 Å². The van der Waals surface area contributed by atoms with E-state index in [2.05, 4.69) is 16.2 Å². The number of likely N-dealkylation sites (tertiary alicyclic amines) is 1. The molecule has 0 N–H and O–H groups in total. The molecule has 1 saturated heterocycles. The zero-order valence-corrected chi connectivity index (χ0v) is 14.5. The number of carbonyl (C=O) groups is 1. The van der Waals surface area contributed by atoms with Crippen LogP contribution < -0.4 is 4.74 Å². The Morgan fingerprint density at radius 2 is 2.20 bits per heavy atom. The third kappa shape index (κ3) is 3.13. The standard InChI is InChI=1S/C19H23N3O3/c1-2-17-20-19(21-25-17)15-7-5-10-22(15)18(23)12-13-9-11-24-16-8-4-3-6-14(13)16/h3-4,6,8,13,15H,2,5,7,9-12H2,1H3/t13-,15+/m0/s1. The van der Waals surface area contributed by atoms with Crippen LogP contribution in [0.25, 0.3) is 0 Å². The van der Waals surface area contributed by atoms with Crippen molar-refractivity contribution in [3.05, 3.63) is 41.5 Å². The zero-order valence-electron chi connectivity index (χ0n) is 14.5. The Hall–Kier alpha value is -2.37. The Balaban J connectivity index is 1.49. The Morgan fingerprint density at radius 1 is 1.32 bits per heavy atom. The van der Waals surface area contributed by atoms with Gasteiger partial charge in [-0.2, -0.15) is 4.98 Å². The first-order chi connectivity index (χ1) is 12.3. The Bertz CT molecular complexity index is 758. The average molecular weight is 341 g/mol. The van der Waals surface area contributed by atoms with E-state index in [4.69, 9.17) is 9.26 Å². The van der Waals surface area contributed by atoms with Gasteiger partial charge in [0.25, 0.3) is 0 Å². The fraction of sp³-hybridized carbons (Fsp3) is 0.526. The normalized spacial score (nSPS) is 22.5. The predicted octanol–water partition coefficient (Wildman–Crippen LogP) is 3.25.